The SMILES string of the molecule is O=[N+]([O-])c1cccc(C2=CN3C=CC=CC3N2)c1. The maximum atomic E-state index is 10.8. The van der Waals surface area contributed by atoms with Crippen LogP contribution in [0, 0.1) is 10.1 Å². The van der Waals surface area contributed by atoms with Crippen LogP contribution in [0.2, 0.25) is 0 Å². The number of non-ortho nitro benzene ring substituents is 1. The van der Waals surface area contributed by atoms with Crippen molar-refractivity contribution in [2.45, 2.75) is 6.17 Å². The first-order valence-electron chi connectivity index (χ1n) is 5.60. The van der Waals surface area contributed by atoms with E-state index in [-0.39, 0.29) is 16.8 Å². The van der Waals surface area contributed by atoms with E-state index in [4.69, 9.17) is 0 Å². The summed E-state index contributed by atoms with van der Waals surface area (Å²) in [6.07, 6.45) is 9.96. The minimum atomic E-state index is -0.383. The van der Waals surface area contributed by atoms with Crippen LogP contribution in [0.25, 0.3) is 5.70 Å². The van der Waals surface area contributed by atoms with Gasteiger partial charge in [-0.25, -0.2) is 0 Å². The first-order chi connectivity index (χ1) is 8.74. The molecule has 5 heteroatoms. The minimum Gasteiger partial charge on any atom is -0.360 e. The van der Waals surface area contributed by atoms with Gasteiger partial charge in [-0.3, -0.25) is 10.1 Å². The molecule has 2 aliphatic heterocycles. The Kier molecular flexibility index (Phi) is 2.37. The van der Waals surface area contributed by atoms with E-state index in [0.29, 0.717) is 0 Å². The molecule has 0 spiro atoms. The highest BCUT2D eigenvalue weighted by molar-refractivity contribution is 5.68. The molecule has 1 aromatic rings. The highest BCUT2D eigenvalue weighted by Crippen LogP contribution is 2.25. The summed E-state index contributed by atoms with van der Waals surface area (Å²) in [4.78, 5) is 12.4. The van der Waals surface area contributed by atoms with Crippen molar-refractivity contribution in [1.82, 2.24) is 10.2 Å². The summed E-state index contributed by atoms with van der Waals surface area (Å²) >= 11 is 0. The number of benzene rings is 1. The van der Waals surface area contributed by atoms with Crippen LogP contribution in [0.15, 0.2) is 54.9 Å². The third-order valence-electron chi connectivity index (χ3n) is 2.93. The molecule has 0 fully saturated rings. The molecule has 2 aliphatic rings. The Hall–Kier alpha value is -2.56. The van der Waals surface area contributed by atoms with Crippen molar-refractivity contribution in [3.8, 4) is 0 Å². The van der Waals surface area contributed by atoms with Gasteiger partial charge in [-0.05, 0) is 12.2 Å². The summed E-state index contributed by atoms with van der Waals surface area (Å²) < 4.78 is 0. The van der Waals surface area contributed by atoms with Gasteiger partial charge in [-0.15, -0.1) is 0 Å². The molecule has 5 nitrogen and oxygen atoms in total. The molecule has 0 aliphatic carbocycles. The summed E-state index contributed by atoms with van der Waals surface area (Å²) in [6.45, 7) is 0. The summed E-state index contributed by atoms with van der Waals surface area (Å²) in [6, 6.07) is 6.62. The van der Waals surface area contributed by atoms with E-state index in [0.717, 1.165) is 11.3 Å². The van der Waals surface area contributed by atoms with Crippen LogP contribution in [0.1, 0.15) is 5.56 Å². The number of nitrogens with one attached hydrogen (secondary N) is 1. The van der Waals surface area contributed by atoms with E-state index in [1.54, 1.807) is 12.1 Å². The van der Waals surface area contributed by atoms with Gasteiger partial charge in [-0.1, -0.05) is 18.2 Å². The Bertz CT molecular complexity index is 590. The molecule has 0 saturated heterocycles. The van der Waals surface area contributed by atoms with Crippen molar-refractivity contribution in [1.29, 1.82) is 0 Å². The lowest BCUT2D eigenvalue weighted by Crippen LogP contribution is -2.31. The average molecular weight is 241 g/mol. The number of hydrogen-bond acceptors (Lipinski definition) is 4. The number of allylic oxidation sites excluding steroid dienone is 2. The van der Waals surface area contributed by atoms with Gasteiger partial charge >= 0.3 is 0 Å². The molecule has 0 saturated carbocycles. The van der Waals surface area contributed by atoms with Gasteiger partial charge < -0.3 is 10.2 Å². The van der Waals surface area contributed by atoms with Gasteiger partial charge in [0, 0.05) is 30.1 Å². The first kappa shape index (κ1) is 10.6. The maximum Gasteiger partial charge on any atom is 0.270 e. The van der Waals surface area contributed by atoms with E-state index in [9.17, 15) is 10.1 Å². The van der Waals surface area contributed by atoms with Gasteiger partial charge in [0.1, 0.15) is 6.17 Å². The van der Waals surface area contributed by atoms with Gasteiger partial charge in [0.05, 0.1) is 10.6 Å². The van der Waals surface area contributed by atoms with E-state index in [1.807, 2.05) is 41.6 Å². The van der Waals surface area contributed by atoms with Crippen LogP contribution in [-0.4, -0.2) is 16.0 Å². The molecular weight excluding hydrogens is 230 g/mol. The monoisotopic (exact) mass is 241 g/mol. The zero-order chi connectivity index (χ0) is 12.5. The third-order valence-corrected chi connectivity index (χ3v) is 2.93. The average Bonchev–Trinajstić information content (AvgIpc) is 2.82. The van der Waals surface area contributed by atoms with Crippen LogP contribution in [0.3, 0.4) is 0 Å². The van der Waals surface area contributed by atoms with E-state index >= 15 is 0 Å². The van der Waals surface area contributed by atoms with Crippen LogP contribution >= 0.6 is 0 Å². The fraction of sp³-hybridized carbons (Fsp3) is 0.0769. The molecule has 1 N–H and O–H groups in total. The Balaban J connectivity index is 1.92. The van der Waals surface area contributed by atoms with E-state index < -0.39 is 0 Å². The van der Waals surface area contributed by atoms with Crippen molar-refractivity contribution in [2.75, 3.05) is 0 Å². The zero-order valence-corrected chi connectivity index (χ0v) is 9.48. The Morgan fingerprint density at radius 1 is 1.33 bits per heavy atom. The van der Waals surface area contributed by atoms with Gasteiger partial charge in [0.15, 0.2) is 0 Å². The Labute approximate surface area is 104 Å². The lowest BCUT2D eigenvalue weighted by molar-refractivity contribution is -0.384. The summed E-state index contributed by atoms with van der Waals surface area (Å²) in [7, 11) is 0. The summed E-state index contributed by atoms with van der Waals surface area (Å²) in [5.41, 5.74) is 1.81. The van der Waals surface area contributed by atoms with E-state index in [1.165, 1.54) is 6.07 Å². The first-order valence-corrected chi connectivity index (χ1v) is 5.60. The van der Waals surface area contributed by atoms with Crippen molar-refractivity contribution in [3.63, 3.8) is 0 Å². The van der Waals surface area contributed by atoms with Gasteiger partial charge in [0.25, 0.3) is 5.69 Å². The number of fused-ring (bicyclic) bond motifs is 1. The van der Waals surface area contributed by atoms with Crippen LogP contribution in [0.5, 0.6) is 0 Å². The Morgan fingerprint density at radius 2 is 2.22 bits per heavy atom. The maximum absolute atomic E-state index is 10.8. The van der Waals surface area contributed by atoms with Crippen molar-refractivity contribution >= 4 is 11.4 Å². The lowest BCUT2D eigenvalue weighted by atomic mass is 10.1. The number of rotatable bonds is 2. The number of nitrogens with zero attached hydrogens (tertiary/aromatic N) is 2. The van der Waals surface area contributed by atoms with Crippen molar-refractivity contribution in [3.05, 3.63) is 70.6 Å². The van der Waals surface area contributed by atoms with Crippen LogP contribution in [-0.2, 0) is 0 Å². The molecule has 1 aromatic carbocycles. The highest BCUT2D eigenvalue weighted by Gasteiger charge is 2.22. The standard InChI is InChI=1S/C13H11N3O2/c17-16(18)11-5-3-4-10(8-11)12-9-15-7-2-1-6-13(15)14-12/h1-9,13-14H. The largest absolute Gasteiger partial charge is 0.360 e. The zero-order valence-electron chi connectivity index (χ0n) is 9.48. The second-order valence-corrected chi connectivity index (χ2v) is 4.11. The smallest absolute Gasteiger partial charge is 0.270 e. The minimum absolute atomic E-state index is 0.101. The molecular formula is C13H11N3O2. The molecule has 0 radical (unpaired) electrons. The third kappa shape index (κ3) is 1.75. The fourth-order valence-corrected chi connectivity index (χ4v) is 2.05. The molecule has 3 rings (SSSR count). The lowest BCUT2D eigenvalue weighted by Gasteiger charge is -2.20. The van der Waals surface area contributed by atoms with Crippen LogP contribution < -0.4 is 5.32 Å². The fourth-order valence-electron chi connectivity index (χ4n) is 2.05. The number of nitro groups is 1. The molecule has 0 aromatic heterocycles. The normalized spacial score (nSPS) is 20.3. The summed E-state index contributed by atoms with van der Waals surface area (Å²) in [5.74, 6) is 0. The summed E-state index contributed by atoms with van der Waals surface area (Å²) in [5, 5.41) is 14.1. The van der Waals surface area contributed by atoms with Gasteiger partial charge in [0.2, 0.25) is 0 Å². The molecule has 1 unspecified atom stereocenters. The molecule has 90 valence electrons. The topological polar surface area (TPSA) is 58.4 Å². The number of nitro benzene ring substituents is 1. The molecule has 0 bridgehead atoms. The molecule has 0 amide bonds. The van der Waals surface area contributed by atoms with E-state index in [2.05, 4.69) is 5.32 Å². The predicted octanol–water partition coefficient (Wildman–Crippen LogP) is 2.21. The van der Waals surface area contributed by atoms with Crippen molar-refractivity contribution < 1.29 is 4.92 Å². The highest BCUT2D eigenvalue weighted by atomic mass is 16.6. The van der Waals surface area contributed by atoms with Crippen molar-refractivity contribution in [2.24, 2.45) is 0 Å². The molecule has 2 heterocycles. The quantitative estimate of drug-likeness (QED) is 0.637. The Morgan fingerprint density at radius 3 is 3.00 bits per heavy atom. The number of hydrogen-bond donors (Lipinski definition) is 1. The van der Waals surface area contributed by atoms with Gasteiger partial charge in [-0.2, -0.15) is 0 Å². The molecule has 18 heavy (non-hydrogen) atoms. The molecule has 1 atom stereocenters. The van der Waals surface area contributed by atoms with Crippen LogP contribution in [0.4, 0.5) is 5.69 Å². The second kappa shape index (κ2) is 4.03. The predicted molar refractivity (Wildman–Crippen MR) is 68.1 cm³/mol. The second-order valence-electron chi connectivity index (χ2n) is 4.11.